The molecule has 0 spiro atoms. The molecule has 138 valence electrons. The maximum atomic E-state index is 12.9. The van der Waals surface area contributed by atoms with Crippen LogP contribution in [0.2, 0.25) is 0 Å². The van der Waals surface area contributed by atoms with Crippen LogP contribution in [0.4, 0.5) is 0 Å². The first-order valence-corrected chi connectivity index (χ1v) is 9.34. The fourth-order valence-corrected chi connectivity index (χ4v) is 3.43. The standard InChI is InChI=1S/C22H23N3O2/c1-15-11-12-23-13-19(15)25-21(26)17-9-5-6-10-18(17)22-24-14-20(27-22)16-7-3-2-4-8-16/h2-10,14-15,19,23H,11-13H2,1H3,(H,25,26). The van der Waals surface area contributed by atoms with Crippen molar-refractivity contribution in [2.75, 3.05) is 13.1 Å². The van der Waals surface area contributed by atoms with Gasteiger partial charge in [0.05, 0.1) is 11.8 Å². The Balaban J connectivity index is 1.60. The number of nitrogens with zero attached hydrogens (tertiary/aromatic N) is 1. The smallest absolute Gasteiger partial charge is 0.252 e. The molecule has 1 aliphatic heterocycles. The zero-order chi connectivity index (χ0) is 18.6. The van der Waals surface area contributed by atoms with Gasteiger partial charge in [-0.15, -0.1) is 0 Å². The molecule has 0 aliphatic carbocycles. The van der Waals surface area contributed by atoms with E-state index < -0.39 is 0 Å². The molecule has 1 aliphatic rings. The normalized spacial score (nSPS) is 19.6. The average molecular weight is 361 g/mol. The first kappa shape index (κ1) is 17.5. The second-order valence-electron chi connectivity index (χ2n) is 6.99. The summed E-state index contributed by atoms with van der Waals surface area (Å²) in [5.74, 6) is 1.50. The van der Waals surface area contributed by atoms with E-state index in [0.29, 0.717) is 28.7 Å². The van der Waals surface area contributed by atoms with E-state index in [1.807, 2.05) is 54.6 Å². The van der Waals surface area contributed by atoms with Gasteiger partial charge in [0.2, 0.25) is 5.89 Å². The molecule has 2 heterocycles. The summed E-state index contributed by atoms with van der Waals surface area (Å²) < 4.78 is 5.95. The van der Waals surface area contributed by atoms with Gasteiger partial charge in [-0.3, -0.25) is 4.79 Å². The number of benzene rings is 2. The molecule has 2 N–H and O–H groups in total. The van der Waals surface area contributed by atoms with Gasteiger partial charge in [0.15, 0.2) is 5.76 Å². The largest absolute Gasteiger partial charge is 0.436 e. The molecular formula is C22H23N3O2. The topological polar surface area (TPSA) is 67.2 Å². The van der Waals surface area contributed by atoms with E-state index in [4.69, 9.17) is 4.42 Å². The van der Waals surface area contributed by atoms with E-state index >= 15 is 0 Å². The lowest BCUT2D eigenvalue weighted by molar-refractivity contribution is 0.0915. The highest BCUT2D eigenvalue weighted by molar-refractivity contribution is 6.00. The molecule has 2 atom stereocenters. The highest BCUT2D eigenvalue weighted by atomic mass is 16.4. The van der Waals surface area contributed by atoms with E-state index in [1.54, 1.807) is 6.20 Å². The molecule has 0 radical (unpaired) electrons. The molecule has 4 rings (SSSR count). The lowest BCUT2D eigenvalue weighted by atomic mass is 9.94. The van der Waals surface area contributed by atoms with E-state index in [9.17, 15) is 4.79 Å². The maximum Gasteiger partial charge on any atom is 0.252 e. The Hall–Kier alpha value is -2.92. The Labute approximate surface area is 158 Å². The van der Waals surface area contributed by atoms with Crippen LogP contribution >= 0.6 is 0 Å². The van der Waals surface area contributed by atoms with Crippen LogP contribution in [0.1, 0.15) is 23.7 Å². The number of carbonyl (C=O) groups is 1. The van der Waals surface area contributed by atoms with Gasteiger partial charge in [-0.2, -0.15) is 0 Å². The van der Waals surface area contributed by atoms with Gasteiger partial charge in [-0.05, 0) is 31.0 Å². The number of nitrogens with one attached hydrogen (secondary N) is 2. The van der Waals surface area contributed by atoms with Crippen LogP contribution in [0, 0.1) is 5.92 Å². The van der Waals surface area contributed by atoms with Crippen LogP contribution < -0.4 is 10.6 Å². The molecule has 3 aromatic rings. The summed E-state index contributed by atoms with van der Waals surface area (Å²) in [6.07, 6.45) is 2.76. The molecule has 2 unspecified atom stereocenters. The third-order valence-corrected chi connectivity index (χ3v) is 5.11. The SMILES string of the molecule is CC1CCNCC1NC(=O)c1ccccc1-c1ncc(-c2ccccc2)o1. The average Bonchev–Trinajstić information content (AvgIpc) is 3.20. The number of hydrogen-bond acceptors (Lipinski definition) is 4. The van der Waals surface area contributed by atoms with Crippen molar-refractivity contribution >= 4 is 5.91 Å². The van der Waals surface area contributed by atoms with E-state index in [1.165, 1.54) is 0 Å². The van der Waals surface area contributed by atoms with Crippen molar-refractivity contribution in [3.8, 4) is 22.8 Å². The van der Waals surface area contributed by atoms with Crippen molar-refractivity contribution in [3.05, 3.63) is 66.4 Å². The quantitative estimate of drug-likeness (QED) is 0.743. The summed E-state index contributed by atoms with van der Waals surface area (Å²) >= 11 is 0. The van der Waals surface area contributed by atoms with Crippen molar-refractivity contribution in [1.82, 2.24) is 15.6 Å². The molecule has 0 saturated carbocycles. The fourth-order valence-electron chi connectivity index (χ4n) is 3.43. The third-order valence-electron chi connectivity index (χ3n) is 5.11. The first-order chi connectivity index (χ1) is 13.2. The minimum atomic E-state index is -0.0920. The van der Waals surface area contributed by atoms with E-state index in [-0.39, 0.29) is 11.9 Å². The molecule has 1 saturated heterocycles. The molecule has 27 heavy (non-hydrogen) atoms. The summed E-state index contributed by atoms with van der Waals surface area (Å²) in [5, 5.41) is 6.51. The zero-order valence-electron chi connectivity index (χ0n) is 15.3. The molecule has 5 heteroatoms. The highest BCUT2D eigenvalue weighted by Gasteiger charge is 2.25. The van der Waals surface area contributed by atoms with Crippen LogP contribution in [-0.4, -0.2) is 30.0 Å². The number of aromatic nitrogens is 1. The molecule has 2 aromatic carbocycles. The number of oxazole rings is 1. The van der Waals surface area contributed by atoms with Crippen molar-refractivity contribution in [2.45, 2.75) is 19.4 Å². The molecular weight excluding hydrogens is 338 g/mol. The predicted molar refractivity (Wildman–Crippen MR) is 105 cm³/mol. The minimum Gasteiger partial charge on any atom is -0.436 e. The van der Waals surface area contributed by atoms with Gasteiger partial charge in [-0.1, -0.05) is 49.4 Å². The van der Waals surface area contributed by atoms with Crippen LogP contribution in [0.25, 0.3) is 22.8 Å². The number of carbonyl (C=O) groups excluding carboxylic acids is 1. The number of piperidine rings is 1. The van der Waals surface area contributed by atoms with Crippen molar-refractivity contribution in [1.29, 1.82) is 0 Å². The Morgan fingerprint density at radius 3 is 2.74 bits per heavy atom. The number of rotatable bonds is 4. The van der Waals surface area contributed by atoms with Crippen molar-refractivity contribution in [2.24, 2.45) is 5.92 Å². The van der Waals surface area contributed by atoms with Gasteiger partial charge in [-0.25, -0.2) is 4.98 Å². The molecule has 1 fully saturated rings. The summed E-state index contributed by atoms with van der Waals surface area (Å²) in [5.41, 5.74) is 2.24. The molecule has 5 nitrogen and oxygen atoms in total. The van der Waals surface area contributed by atoms with Crippen LogP contribution in [0.15, 0.2) is 65.2 Å². The second kappa shape index (κ2) is 7.76. The highest BCUT2D eigenvalue weighted by Crippen LogP contribution is 2.28. The Bertz CT molecular complexity index is 920. The van der Waals surface area contributed by atoms with Crippen molar-refractivity contribution < 1.29 is 9.21 Å². The fraction of sp³-hybridized carbons (Fsp3) is 0.273. The Morgan fingerprint density at radius 2 is 1.93 bits per heavy atom. The summed E-state index contributed by atoms with van der Waals surface area (Å²) in [4.78, 5) is 17.3. The van der Waals surface area contributed by atoms with E-state index in [0.717, 1.165) is 25.1 Å². The van der Waals surface area contributed by atoms with Crippen molar-refractivity contribution in [3.63, 3.8) is 0 Å². The van der Waals surface area contributed by atoms with Gasteiger partial charge in [0, 0.05) is 23.7 Å². The van der Waals surface area contributed by atoms with Crippen LogP contribution in [0.3, 0.4) is 0 Å². The lowest BCUT2D eigenvalue weighted by Crippen LogP contribution is -2.50. The monoisotopic (exact) mass is 361 g/mol. The van der Waals surface area contributed by atoms with Gasteiger partial charge >= 0.3 is 0 Å². The van der Waals surface area contributed by atoms with Crippen LogP contribution in [-0.2, 0) is 0 Å². The zero-order valence-corrected chi connectivity index (χ0v) is 15.3. The van der Waals surface area contributed by atoms with Gasteiger partial charge < -0.3 is 15.1 Å². The summed E-state index contributed by atoms with van der Waals surface area (Å²) in [6, 6.07) is 17.4. The Kier molecular flexibility index (Phi) is 5.03. The maximum absolute atomic E-state index is 12.9. The number of hydrogen-bond donors (Lipinski definition) is 2. The Morgan fingerprint density at radius 1 is 1.15 bits per heavy atom. The van der Waals surface area contributed by atoms with Gasteiger partial charge in [0.25, 0.3) is 5.91 Å². The predicted octanol–water partition coefficient (Wildman–Crippen LogP) is 3.74. The second-order valence-corrected chi connectivity index (χ2v) is 6.99. The molecule has 0 bridgehead atoms. The number of amides is 1. The minimum absolute atomic E-state index is 0.0920. The molecule has 1 amide bonds. The summed E-state index contributed by atoms with van der Waals surface area (Å²) in [6.45, 7) is 3.98. The first-order valence-electron chi connectivity index (χ1n) is 9.34. The lowest BCUT2D eigenvalue weighted by Gasteiger charge is -2.30. The van der Waals surface area contributed by atoms with Gasteiger partial charge in [0.1, 0.15) is 0 Å². The summed E-state index contributed by atoms with van der Waals surface area (Å²) in [7, 11) is 0. The third kappa shape index (κ3) is 3.78. The van der Waals surface area contributed by atoms with E-state index in [2.05, 4.69) is 22.5 Å². The molecule has 1 aromatic heterocycles. The van der Waals surface area contributed by atoms with Crippen LogP contribution in [0.5, 0.6) is 0 Å².